The van der Waals surface area contributed by atoms with Crippen molar-refractivity contribution in [2.24, 2.45) is 34.5 Å². The number of likely N-dealkylation sites (tertiary alicyclic amines) is 1. The molecular weight excluding hydrogens is 360 g/mol. The van der Waals surface area contributed by atoms with Gasteiger partial charge in [-0.1, -0.05) is 13.8 Å². The summed E-state index contributed by atoms with van der Waals surface area (Å²) in [6.45, 7) is 9.41. The molecule has 5 fully saturated rings. The molecule has 3 aliphatic carbocycles. The van der Waals surface area contributed by atoms with Crippen LogP contribution < -0.4 is 5.32 Å². The first-order chi connectivity index (χ1) is 13.8. The molecule has 2 heterocycles. The van der Waals surface area contributed by atoms with Crippen LogP contribution in [0.25, 0.3) is 0 Å². The molecule has 0 aromatic carbocycles. The van der Waals surface area contributed by atoms with Gasteiger partial charge in [0.15, 0.2) is 0 Å². The van der Waals surface area contributed by atoms with Crippen molar-refractivity contribution >= 4 is 11.8 Å². The monoisotopic (exact) mass is 400 g/mol. The van der Waals surface area contributed by atoms with Crippen molar-refractivity contribution in [3.8, 4) is 0 Å². The third kappa shape index (κ3) is 2.76. The number of amides is 2. The smallest absolute Gasteiger partial charge is 0.226 e. The maximum absolute atomic E-state index is 13.7. The molecule has 29 heavy (non-hydrogen) atoms. The van der Waals surface area contributed by atoms with Crippen molar-refractivity contribution in [1.82, 2.24) is 10.2 Å². The molecule has 162 valence electrons. The van der Waals surface area contributed by atoms with E-state index in [0.29, 0.717) is 36.4 Å². The van der Waals surface area contributed by atoms with Crippen LogP contribution in [-0.4, -0.2) is 34.8 Å². The van der Waals surface area contributed by atoms with E-state index in [1.165, 1.54) is 25.7 Å². The average molecular weight is 401 g/mol. The summed E-state index contributed by atoms with van der Waals surface area (Å²) in [5.74, 6) is 3.12. The third-order valence-electron chi connectivity index (χ3n) is 10.6. The molecule has 2 aliphatic heterocycles. The highest BCUT2D eigenvalue weighted by atomic mass is 16.2. The van der Waals surface area contributed by atoms with Crippen LogP contribution in [0.1, 0.15) is 91.9 Å². The largest absolute Gasteiger partial charge is 0.353 e. The maximum atomic E-state index is 13.7. The Kier molecular flexibility index (Phi) is 4.61. The fourth-order valence-corrected chi connectivity index (χ4v) is 8.92. The van der Waals surface area contributed by atoms with Crippen molar-refractivity contribution in [2.75, 3.05) is 0 Å². The summed E-state index contributed by atoms with van der Waals surface area (Å²) in [4.78, 5) is 27.9. The molecule has 0 spiro atoms. The Balaban J connectivity index is 1.38. The lowest BCUT2D eigenvalue weighted by atomic mass is 9.47. The highest BCUT2D eigenvalue weighted by Crippen LogP contribution is 2.65. The number of nitrogens with zero attached hydrogens (tertiary/aromatic N) is 1. The van der Waals surface area contributed by atoms with Gasteiger partial charge in [-0.3, -0.25) is 9.59 Å². The summed E-state index contributed by atoms with van der Waals surface area (Å²) in [7, 11) is 0. The number of rotatable bonds is 1. The van der Waals surface area contributed by atoms with E-state index in [0.717, 1.165) is 43.9 Å². The van der Waals surface area contributed by atoms with E-state index in [9.17, 15) is 9.59 Å². The molecule has 0 aromatic rings. The van der Waals surface area contributed by atoms with Crippen LogP contribution in [0.15, 0.2) is 0 Å². The van der Waals surface area contributed by atoms with Crippen molar-refractivity contribution < 1.29 is 9.59 Å². The van der Waals surface area contributed by atoms with E-state index >= 15 is 0 Å². The number of fused-ring (bicyclic) bond motifs is 5. The van der Waals surface area contributed by atoms with Crippen LogP contribution in [0.2, 0.25) is 0 Å². The molecule has 2 amide bonds. The van der Waals surface area contributed by atoms with E-state index in [-0.39, 0.29) is 22.7 Å². The van der Waals surface area contributed by atoms with Gasteiger partial charge in [-0.15, -0.1) is 0 Å². The zero-order valence-corrected chi connectivity index (χ0v) is 18.9. The van der Waals surface area contributed by atoms with E-state index in [1.807, 2.05) is 0 Å². The standard InChI is InChI=1S/C25H40N2O2/c1-15-5-6-16(2)27(15)23(29)20-9-8-18-17-7-10-21-25(4,14-12-22(28)26-21)19(17)11-13-24(18,20)3/h15-21H,5-14H2,1-4H3,(H,26,28)/t15?,16?,17-,18-,19-,20+,21+,24-,25+/m0/s1. The quantitative estimate of drug-likeness (QED) is 0.703. The number of hydrogen-bond donors (Lipinski definition) is 1. The summed E-state index contributed by atoms with van der Waals surface area (Å²) in [6, 6.07) is 1.20. The molecule has 3 saturated carbocycles. The molecule has 4 heteroatoms. The lowest BCUT2D eigenvalue weighted by Crippen LogP contribution is -2.61. The van der Waals surface area contributed by atoms with Gasteiger partial charge in [0.2, 0.25) is 11.8 Å². The highest BCUT2D eigenvalue weighted by Gasteiger charge is 2.62. The van der Waals surface area contributed by atoms with Crippen LogP contribution in [0, 0.1) is 34.5 Å². The molecule has 1 N–H and O–H groups in total. The minimum absolute atomic E-state index is 0.182. The van der Waals surface area contributed by atoms with Crippen molar-refractivity contribution in [3.05, 3.63) is 0 Å². The van der Waals surface area contributed by atoms with Gasteiger partial charge >= 0.3 is 0 Å². The fraction of sp³-hybridized carbons (Fsp3) is 0.920. The lowest BCUT2D eigenvalue weighted by Gasteiger charge is -2.60. The van der Waals surface area contributed by atoms with Gasteiger partial charge in [0.1, 0.15) is 0 Å². The Labute approximate surface area is 176 Å². The SMILES string of the molecule is CC1CCC(C)N1C(=O)[C@H]1CC[C@H]2[C@@H]3CC[C@H]4NC(=O)CC[C@]4(C)[C@H]3CC[C@]12C. The van der Waals surface area contributed by atoms with Crippen molar-refractivity contribution in [2.45, 2.75) is 110 Å². The van der Waals surface area contributed by atoms with Gasteiger partial charge in [0.05, 0.1) is 0 Å². The first-order valence-electron chi connectivity index (χ1n) is 12.4. The summed E-state index contributed by atoms with van der Waals surface area (Å²) in [5, 5.41) is 3.34. The topological polar surface area (TPSA) is 49.4 Å². The molecular formula is C25H40N2O2. The second kappa shape index (κ2) is 6.72. The molecule has 5 aliphatic rings. The Morgan fingerprint density at radius 3 is 2.31 bits per heavy atom. The predicted octanol–water partition coefficient (Wildman–Crippen LogP) is 4.52. The van der Waals surface area contributed by atoms with Crippen LogP contribution in [0.3, 0.4) is 0 Å². The molecule has 0 radical (unpaired) electrons. The minimum Gasteiger partial charge on any atom is -0.353 e. The van der Waals surface area contributed by atoms with E-state index in [4.69, 9.17) is 0 Å². The number of carbonyl (C=O) groups is 2. The predicted molar refractivity (Wildman–Crippen MR) is 114 cm³/mol. The number of carbonyl (C=O) groups excluding carboxylic acids is 2. The summed E-state index contributed by atoms with van der Waals surface area (Å²) in [5.41, 5.74) is 0.444. The average Bonchev–Trinajstić information content (AvgIpc) is 3.20. The Morgan fingerprint density at radius 2 is 1.59 bits per heavy atom. The van der Waals surface area contributed by atoms with E-state index in [2.05, 4.69) is 37.9 Å². The third-order valence-corrected chi connectivity index (χ3v) is 10.6. The zero-order chi connectivity index (χ0) is 20.6. The molecule has 0 aromatic heterocycles. The van der Waals surface area contributed by atoms with Gasteiger partial charge in [0, 0.05) is 30.5 Å². The van der Waals surface area contributed by atoms with Gasteiger partial charge < -0.3 is 10.2 Å². The zero-order valence-electron chi connectivity index (χ0n) is 18.9. The van der Waals surface area contributed by atoms with Gasteiger partial charge in [-0.05, 0) is 100 Å². The Morgan fingerprint density at radius 1 is 0.897 bits per heavy atom. The van der Waals surface area contributed by atoms with Crippen molar-refractivity contribution in [1.29, 1.82) is 0 Å². The van der Waals surface area contributed by atoms with Crippen molar-refractivity contribution in [3.63, 3.8) is 0 Å². The molecule has 5 rings (SSSR count). The second-order valence-corrected chi connectivity index (χ2v) is 11.8. The Bertz CT molecular complexity index is 697. The van der Waals surface area contributed by atoms with Crippen LogP contribution in [0.5, 0.6) is 0 Å². The van der Waals surface area contributed by atoms with Crippen LogP contribution in [0.4, 0.5) is 0 Å². The number of piperidine rings is 1. The summed E-state index contributed by atoms with van der Waals surface area (Å²) in [6.07, 6.45) is 11.2. The summed E-state index contributed by atoms with van der Waals surface area (Å²) < 4.78 is 0. The van der Waals surface area contributed by atoms with Crippen LogP contribution >= 0.6 is 0 Å². The van der Waals surface area contributed by atoms with Gasteiger partial charge in [-0.25, -0.2) is 0 Å². The summed E-state index contributed by atoms with van der Waals surface area (Å²) >= 11 is 0. The molecule has 4 nitrogen and oxygen atoms in total. The molecule has 2 saturated heterocycles. The normalized spacial score (nSPS) is 51.8. The number of nitrogens with one attached hydrogen (secondary N) is 1. The van der Waals surface area contributed by atoms with Gasteiger partial charge in [0.25, 0.3) is 0 Å². The molecule has 2 unspecified atom stereocenters. The first-order valence-corrected chi connectivity index (χ1v) is 12.4. The van der Waals surface area contributed by atoms with Gasteiger partial charge in [-0.2, -0.15) is 0 Å². The van der Waals surface area contributed by atoms with Crippen LogP contribution in [-0.2, 0) is 9.59 Å². The highest BCUT2D eigenvalue weighted by molar-refractivity contribution is 5.81. The second-order valence-electron chi connectivity index (χ2n) is 11.8. The van der Waals surface area contributed by atoms with E-state index in [1.54, 1.807) is 0 Å². The fourth-order valence-electron chi connectivity index (χ4n) is 8.92. The number of hydrogen-bond acceptors (Lipinski definition) is 2. The minimum atomic E-state index is 0.182. The first kappa shape index (κ1) is 19.9. The lowest BCUT2D eigenvalue weighted by molar-refractivity contribution is -0.149. The maximum Gasteiger partial charge on any atom is 0.226 e. The van der Waals surface area contributed by atoms with E-state index < -0.39 is 0 Å². The molecule has 0 bridgehead atoms. The Hall–Kier alpha value is -1.06. The molecule has 9 atom stereocenters.